The summed E-state index contributed by atoms with van der Waals surface area (Å²) in [5, 5.41) is 0. The molecule has 0 bridgehead atoms. The fourth-order valence-corrected chi connectivity index (χ4v) is 3.57. The number of nitrogens with two attached hydrogens (primary N) is 1. The van der Waals surface area contributed by atoms with Crippen LogP contribution in [0.25, 0.3) is 0 Å². The Labute approximate surface area is 131 Å². The molecule has 20 heavy (non-hydrogen) atoms. The van der Waals surface area contributed by atoms with Crippen LogP contribution in [0.5, 0.6) is 0 Å². The van der Waals surface area contributed by atoms with Gasteiger partial charge in [-0.3, -0.25) is 0 Å². The number of rotatable bonds is 4. The van der Waals surface area contributed by atoms with Gasteiger partial charge in [0.2, 0.25) is 0 Å². The first-order valence-corrected chi connectivity index (χ1v) is 8.39. The van der Waals surface area contributed by atoms with Gasteiger partial charge in [0.1, 0.15) is 0 Å². The number of likely N-dealkylation sites (tertiary alicyclic amines) is 1. The zero-order valence-corrected chi connectivity index (χ0v) is 14.5. The Morgan fingerprint density at radius 3 is 2.65 bits per heavy atom. The summed E-state index contributed by atoms with van der Waals surface area (Å²) in [5.41, 5.74) is 7.99. The van der Waals surface area contributed by atoms with Crippen LogP contribution < -0.4 is 5.73 Å². The van der Waals surface area contributed by atoms with Gasteiger partial charge in [0.25, 0.3) is 0 Å². The molecule has 2 N–H and O–H groups in total. The van der Waals surface area contributed by atoms with E-state index in [0.29, 0.717) is 5.41 Å². The van der Waals surface area contributed by atoms with Crippen LogP contribution >= 0.6 is 15.9 Å². The molecule has 2 nitrogen and oxygen atoms in total. The molecule has 0 aromatic heterocycles. The van der Waals surface area contributed by atoms with Crippen LogP contribution in [-0.4, -0.2) is 24.5 Å². The third-order valence-electron chi connectivity index (χ3n) is 4.56. The molecule has 0 spiro atoms. The van der Waals surface area contributed by atoms with Crippen molar-refractivity contribution < 1.29 is 0 Å². The predicted octanol–water partition coefficient (Wildman–Crippen LogP) is 4.21. The molecule has 1 aliphatic heterocycles. The average molecular weight is 339 g/mol. The normalized spacial score (nSPS) is 22.1. The van der Waals surface area contributed by atoms with Crippen molar-refractivity contribution in [1.82, 2.24) is 4.90 Å². The maximum atomic E-state index is 6.34. The number of hydrogen-bond acceptors (Lipinski definition) is 2. The number of halogens is 1. The minimum atomic E-state index is 0.124. The van der Waals surface area contributed by atoms with E-state index in [0.717, 1.165) is 23.4 Å². The van der Waals surface area contributed by atoms with Crippen molar-refractivity contribution in [2.24, 2.45) is 17.1 Å². The molecule has 1 heterocycles. The van der Waals surface area contributed by atoms with Gasteiger partial charge in [-0.2, -0.15) is 0 Å². The molecule has 1 saturated heterocycles. The molecular weight excluding hydrogens is 312 g/mol. The van der Waals surface area contributed by atoms with Crippen molar-refractivity contribution in [3.8, 4) is 0 Å². The summed E-state index contributed by atoms with van der Waals surface area (Å²) >= 11 is 3.59. The lowest BCUT2D eigenvalue weighted by Crippen LogP contribution is -2.28. The molecule has 2 unspecified atom stereocenters. The Kier molecular flexibility index (Phi) is 5.27. The van der Waals surface area contributed by atoms with Crippen LogP contribution in [-0.2, 0) is 0 Å². The van der Waals surface area contributed by atoms with Gasteiger partial charge in [0, 0.05) is 17.1 Å². The van der Waals surface area contributed by atoms with Crippen molar-refractivity contribution in [3.05, 3.63) is 34.3 Å². The second kappa shape index (κ2) is 6.59. The summed E-state index contributed by atoms with van der Waals surface area (Å²) in [6.07, 6.45) is 2.35. The van der Waals surface area contributed by atoms with Crippen LogP contribution in [0.4, 0.5) is 0 Å². The number of hydrogen-bond donors (Lipinski definition) is 1. The Bertz CT molecular complexity index is 439. The second-order valence-corrected chi connectivity index (χ2v) is 7.92. The van der Waals surface area contributed by atoms with E-state index in [1.165, 1.54) is 25.1 Å². The number of nitrogens with zero attached hydrogens (tertiary/aromatic N) is 1. The van der Waals surface area contributed by atoms with Gasteiger partial charge in [-0.25, -0.2) is 0 Å². The van der Waals surface area contributed by atoms with E-state index in [1.807, 2.05) is 6.07 Å². The van der Waals surface area contributed by atoms with E-state index in [4.69, 9.17) is 5.73 Å². The fraction of sp³-hybridized carbons (Fsp3) is 0.647. The Hall–Kier alpha value is -0.380. The Morgan fingerprint density at radius 1 is 1.35 bits per heavy atom. The first-order chi connectivity index (χ1) is 9.38. The van der Waals surface area contributed by atoms with Gasteiger partial charge >= 0.3 is 0 Å². The van der Waals surface area contributed by atoms with Crippen molar-refractivity contribution in [2.75, 3.05) is 19.6 Å². The predicted molar refractivity (Wildman–Crippen MR) is 89.7 cm³/mol. The van der Waals surface area contributed by atoms with Crippen LogP contribution in [0, 0.1) is 11.3 Å². The molecule has 2 atom stereocenters. The van der Waals surface area contributed by atoms with E-state index in [-0.39, 0.29) is 6.04 Å². The zero-order chi connectivity index (χ0) is 14.8. The van der Waals surface area contributed by atoms with Crippen molar-refractivity contribution in [2.45, 2.75) is 39.7 Å². The molecule has 1 aromatic rings. The van der Waals surface area contributed by atoms with Crippen molar-refractivity contribution >= 4 is 15.9 Å². The maximum Gasteiger partial charge on any atom is 0.0318 e. The lowest BCUT2D eigenvalue weighted by Gasteiger charge is -2.27. The number of benzene rings is 1. The minimum Gasteiger partial charge on any atom is -0.324 e. The van der Waals surface area contributed by atoms with E-state index in [9.17, 15) is 0 Å². The third kappa shape index (κ3) is 4.06. The summed E-state index contributed by atoms with van der Waals surface area (Å²) < 4.78 is 1.13. The molecule has 112 valence electrons. The van der Waals surface area contributed by atoms with E-state index >= 15 is 0 Å². The molecular formula is C17H27BrN2. The van der Waals surface area contributed by atoms with Crippen LogP contribution in [0.15, 0.2) is 28.7 Å². The monoisotopic (exact) mass is 338 g/mol. The van der Waals surface area contributed by atoms with Crippen LogP contribution in [0.3, 0.4) is 0 Å². The van der Waals surface area contributed by atoms with Crippen molar-refractivity contribution in [3.63, 3.8) is 0 Å². The van der Waals surface area contributed by atoms with Gasteiger partial charge in [-0.05, 0) is 48.9 Å². The van der Waals surface area contributed by atoms with Gasteiger partial charge in [-0.1, -0.05) is 54.9 Å². The minimum absolute atomic E-state index is 0.124. The molecule has 1 aliphatic rings. The highest BCUT2D eigenvalue weighted by Crippen LogP contribution is 2.34. The van der Waals surface area contributed by atoms with Crippen molar-refractivity contribution in [1.29, 1.82) is 0 Å². The van der Waals surface area contributed by atoms with Gasteiger partial charge in [-0.15, -0.1) is 0 Å². The molecule has 2 rings (SSSR count). The highest BCUT2D eigenvalue weighted by Gasteiger charge is 2.31. The van der Waals surface area contributed by atoms with E-state index < -0.39 is 0 Å². The summed E-state index contributed by atoms with van der Waals surface area (Å²) in [7, 11) is 0. The maximum absolute atomic E-state index is 6.34. The van der Waals surface area contributed by atoms with Crippen LogP contribution in [0.2, 0.25) is 0 Å². The molecule has 0 saturated carbocycles. The first kappa shape index (κ1) is 16.0. The SMILES string of the molecule is CC(C)(C)C1CCN(CCC(N)c2ccccc2Br)C1. The Balaban J connectivity index is 1.83. The lowest BCUT2D eigenvalue weighted by atomic mass is 9.80. The topological polar surface area (TPSA) is 29.3 Å². The van der Waals surface area contributed by atoms with Gasteiger partial charge in [0.05, 0.1) is 0 Å². The smallest absolute Gasteiger partial charge is 0.0318 e. The molecule has 1 fully saturated rings. The molecule has 3 heteroatoms. The lowest BCUT2D eigenvalue weighted by molar-refractivity contribution is 0.226. The molecule has 0 aliphatic carbocycles. The molecule has 0 amide bonds. The summed E-state index contributed by atoms with van der Waals surface area (Å²) in [6, 6.07) is 8.41. The second-order valence-electron chi connectivity index (χ2n) is 7.07. The quantitative estimate of drug-likeness (QED) is 0.890. The standard InChI is InChI=1S/C17H27BrN2/c1-17(2,3)13-8-10-20(12-13)11-9-16(19)14-6-4-5-7-15(14)18/h4-7,13,16H,8-12,19H2,1-3H3. The summed E-state index contributed by atoms with van der Waals surface area (Å²) in [5.74, 6) is 0.821. The highest BCUT2D eigenvalue weighted by atomic mass is 79.9. The largest absolute Gasteiger partial charge is 0.324 e. The summed E-state index contributed by atoms with van der Waals surface area (Å²) in [4.78, 5) is 2.58. The Morgan fingerprint density at radius 2 is 2.05 bits per heavy atom. The highest BCUT2D eigenvalue weighted by molar-refractivity contribution is 9.10. The van der Waals surface area contributed by atoms with Crippen LogP contribution in [0.1, 0.15) is 45.2 Å². The molecule has 1 aromatic carbocycles. The van der Waals surface area contributed by atoms with E-state index in [2.05, 4.69) is 59.8 Å². The first-order valence-electron chi connectivity index (χ1n) is 7.60. The summed E-state index contributed by atoms with van der Waals surface area (Å²) in [6.45, 7) is 10.6. The van der Waals surface area contributed by atoms with E-state index in [1.54, 1.807) is 0 Å². The average Bonchev–Trinajstić information content (AvgIpc) is 2.85. The van der Waals surface area contributed by atoms with Gasteiger partial charge < -0.3 is 10.6 Å². The third-order valence-corrected chi connectivity index (χ3v) is 5.28. The fourth-order valence-electron chi connectivity index (χ4n) is 3.00. The zero-order valence-electron chi connectivity index (χ0n) is 12.9. The molecule has 0 radical (unpaired) electrons. The van der Waals surface area contributed by atoms with Gasteiger partial charge in [0.15, 0.2) is 0 Å².